The maximum atomic E-state index is 6.26. The van der Waals surface area contributed by atoms with E-state index >= 15 is 0 Å². The Kier molecular flexibility index (Phi) is 2.50. The molecule has 0 aromatic heterocycles. The Morgan fingerprint density at radius 2 is 1.08 bits per heavy atom. The molecule has 0 saturated heterocycles. The number of halogens is 6. The number of fused-ring (bicyclic) bond motifs is 2. The first kappa shape index (κ1) is 11.2. The number of alkyl halides is 6. The molecule has 0 amide bonds. The molecular formula is C7H6Cl6. The molecule has 0 heterocycles. The van der Waals surface area contributed by atoms with Crippen LogP contribution in [0.1, 0.15) is 12.8 Å². The van der Waals surface area contributed by atoms with E-state index in [1.807, 2.05) is 0 Å². The fourth-order valence-corrected chi connectivity index (χ4v) is 5.11. The normalized spacial score (nSPS) is 58.6. The second kappa shape index (κ2) is 2.90. The molecule has 4 unspecified atom stereocenters. The summed E-state index contributed by atoms with van der Waals surface area (Å²) in [7, 11) is 0. The number of hydrogen-bond acceptors (Lipinski definition) is 0. The van der Waals surface area contributed by atoms with Crippen molar-refractivity contribution in [3.63, 3.8) is 0 Å². The highest BCUT2D eigenvalue weighted by Gasteiger charge is 2.78. The van der Waals surface area contributed by atoms with Gasteiger partial charge in [-0.1, -0.05) is 23.2 Å². The van der Waals surface area contributed by atoms with Crippen molar-refractivity contribution in [2.75, 3.05) is 0 Å². The molecule has 2 aliphatic carbocycles. The second-order valence-electron chi connectivity index (χ2n) is 3.60. The van der Waals surface area contributed by atoms with Crippen molar-refractivity contribution in [2.45, 2.75) is 37.7 Å². The summed E-state index contributed by atoms with van der Waals surface area (Å²) in [5.41, 5.74) is 0. The average Bonchev–Trinajstić information content (AvgIpc) is 2.28. The lowest BCUT2D eigenvalue weighted by Gasteiger charge is -2.30. The molecule has 76 valence electrons. The van der Waals surface area contributed by atoms with Gasteiger partial charge in [0.1, 0.15) is 0 Å². The largest absolute Gasteiger partial charge is 0.159 e. The van der Waals surface area contributed by atoms with Gasteiger partial charge < -0.3 is 0 Å². The first-order valence-corrected chi connectivity index (χ1v) is 6.19. The summed E-state index contributed by atoms with van der Waals surface area (Å²) in [5.74, 6) is 0. The van der Waals surface area contributed by atoms with Gasteiger partial charge in [-0.2, -0.15) is 0 Å². The lowest BCUT2D eigenvalue weighted by molar-refractivity contribution is 0.531. The van der Waals surface area contributed by atoms with Crippen LogP contribution in [0, 0.1) is 0 Å². The monoisotopic (exact) mass is 300 g/mol. The van der Waals surface area contributed by atoms with Gasteiger partial charge in [0.25, 0.3) is 0 Å². The van der Waals surface area contributed by atoms with Crippen LogP contribution in [0.15, 0.2) is 0 Å². The van der Waals surface area contributed by atoms with E-state index < -0.39 is 24.8 Å². The van der Waals surface area contributed by atoms with Gasteiger partial charge in [0, 0.05) is 0 Å². The van der Waals surface area contributed by atoms with Crippen LogP contribution >= 0.6 is 69.6 Å². The van der Waals surface area contributed by atoms with Crippen LogP contribution in [-0.4, -0.2) is 24.8 Å². The Morgan fingerprint density at radius 3 is 1.23 bits per heavy atom. The predicted molar refractivity (Wildman–Crippen MR) is 60.1 cm³/mol. The van der Waals surface area contributed by atoms with E-state index in [2.05, 4.69) is 0 Å². The van der Waals surface area contributed by atoms with Crippen molar-refractivity contribution < 1.29 is 0 Å². The zero-order chi connectivity index (χ0) is 10.1. The smallest absolute Gasteiger partial charge is 0.119 e. The molecule has 0 nitrogen and oxygen atoms in total. The summed E-state index contributed by atoms with van der Waals surface area (Å²) in [5, 5.41) is -0.978. The van der Waals surface area contributed by atoms with Crippen molar-refractivity contribution in [2.24, 2.45) is 0 Å². The first-order chi connectivity index (χ1) is 5.77. The van der Waals surface area contributed by atoms with Crippen LogP contribution in [0.5, 0.6) is 0 Å². The van der Waals surface area contributed by atoms with Gasteiger partial charge in [0.05, 0.1) is 20.5 Å². The summed E-state index contributed by atoms with van der Waals surface area (Å²) in [6.07, 6.45) is 1.20. The van der Waals surface area contributed by atoms with Crippen molar-refractivity contribution in [3.8, 4) is 0 Å². The molecule has 13 heavy (non-hydrogen) atoms. The number of rotatable bonds is 0. The van der Waals surface area contributed by atoms with E-state index in [-0.39, 0.29) is 0 Å². The molecule has 0 spiro atoms. The fraction of sp³-hybridized carbons (Fsp3) is 1.00. The van der Waals surface area contributed by atoms with Gasteiger partial charge in [-0.25, -0.2) is 0 Å². The van der Waals surface area contributed by atoms with E-state index in [4.69, 9.17) is 69.6 Å². The highest BCUT2D eigenvalue weighted by molar-refractivity contribution is 6.62. The summed E-state index contributed by atoms with van der Waals surface area (Å²) in [6.45, 7) is 0. The molecule has 2 rings (SSSR count). The molecular weight excluding hydrogens is 297 g/mol. The van der Waals surface area contributed by atoms with Crippen LogP contribution in [0.4, 0.5) is 0 Å². The molecule has 2 bridgehead atoms. The van der Waals surface area contributed by atoms with Crippen molar-refractivity contribution in [1.82, 2.24) is 0 Å². The molecule has 4 atom stereocenters. The van der Waals surface area contributed by atoms with Gasteiger partial charge in [-0.05, 0) is 12.8 Å². The molecule has 2 aliphatic rings. The minimum absolute atomic E-state index is 0.489. The zero-order valence-corrected chi connectivity index (χ0v) is 10.9. The summed E-state index contributed by atoms with van der Waals surface area (Å²) in [6, 6.07) is 0. The second-order valence-corrected chi connectivity index (χ2v) is 7.22. The van der Waals surface area contributed by atoms with Crippen molar-refractivity contribution >= 4 is 69.6 Å². The summed E-state index contributed by atoms with van der Waals surface area (Å²) >= 11 is 36.9. The van der Waals surface area contributed by atoms with Crippen molar-refractivity contribution in [1.29, 1.82) is 0 Å². The number of hydrogen-bond donors (Lipinski definition) is 0. The molecule has 0 aromatic rings. The maximum absolute atomic E-state index is 6.26. The zero-order valence-electron chi connectivity index (χ0n) is 6.34. The Bertz CT molecular complexity index is 224. The van der Waals surface area contributed by atoms with Gasteiger partial charge in [-0.15, -0.1) is 46.4 Å². The maximum Gasteiger partial charge on any atom is 0.159 e. The summed E-state index contributed by atoms with van der Waals surface area (Å²) < 4.78 is -1.25. The third-order valence-corrected chi connectivity index (χ3v) is 7.78. The van der Waals surface area contributed by atoms with Crippen LogP contribution < -0.4 is 0 Å². The average molecular weight is 303 g/mol. The van der Waals surface area contributed by atoms with Crippen LogP contribution in [-0.2, 0) is 0 Å². The van der Waals surface area contributed by atoms with Gasteiger partial charge >= 0.3 is 0 Å². The van der Waals surface area contributed by atoms with E-state index in [0.717, 1.165) is 0 Å². The highest BCUT2D eigenvalue weighted by atomic mass is 35.5. The Balaban J connectivity index is 2.54. The van der Waals surface area contributed by atoms with E-state index in [9.17, 15) is 0 Å². The Hall–Kier alpha value is 1.74. The molecule has 0 aromatic carbocycles. The third-order valence-electron chi connectivity index (χ3n) is 3.03. The molecule has 6 heteroatoms. The quantitative estimate of drug-likeness (QED) is 0.590. The standard InChI is InChI=1S/C7H6Cl6/c8-3-4(9)6(11)2-1-5(3,10)7(6,12)13/h3-4H,1-2H2. The van der Waals surface area contributed by atoms with E-state index in [1.165, 1.54) is 0 Å². The molecule has 0 radical (unpaired) electrons. The first-order valence-electron chi connectivity index (χ1n) is 3.81. The fourth-order valence-electron chi connectivity index (χ4n) is 2.11. The van der Waals surface area contributed by atoms with Crippen LogP contribution in [0.2, 0.25) is 0 Å². The molecule has 2 saturated carbocycles. The van der Waals surface area contributed by atoms with Gasteiger partial charge in [0.15, 0.2) is 4.33 Å². The molecule has 2 fully saturated rings. The minimum Gasteiger partial charge on any atom is -0.119 e. The van der Waals surface area contributed by atoms with Gasteiger partial charge in [0.2, 0.25) is 0 Å². The van der Waals surface area contributed by atoms with E-state index in [0.29, 0.717) is 12.8 Å². The SMILES string of the molecule is ClC1C(Cl)C2(Cl)CCC1(Cl)C2(Cl)Cl. The molecule has 0 aliphatic heterocycles. The Morgan fingerprint density at radius 1 is 0.769 bits per heavy atom. The molecule has 0 N–H and O–H groups in total. The third kappa shape index (κ3) is 1.04. The van der Waals surface area contributed by atoms with E-state index in [1.54, 1.807) is 0 Å². The Labute approximate surface area is 107 Å². The van der Waals surface area contributed by atoms with Crippen molar-refractivity contribution in [3.05, 3.63) is 0 Å². The minimum atomic E-state index is -1.25. The van der Waals surface area contributed by atoms with Crippen LogP contribution in [0.25, 0.3) is 0 Å². The lowest BCUT2D eigenvalue weighted by Crippen LogP contribution is -2.42. The van der Waals surface area contributed by atoms with Gasteiger partial charge in [-0.3, -0.25) is 0 Å². The topological polar surface area (TPSA) is 0 Å². The predicted octanol–water partition coefficient (Wildman–Crippen LogP) is 4.14. The highest BCUT2D eigenvalue weighted by Crippen LogP contribution is 2.71. The lowest BCUT2D eigenvalue weighted by atomic mass is 9.99. The van der Waals surface area contributed by atoms with Crippen LogP contribution in [0.3, 0.4) is 0 Å². The summed E-state index contributed by atoms with van der Waals surface area (Å²) in [4.78, 5) is -1.79.